The highest BCUT2D eigenvalue weighted by Gasteiger charge is 2.04. The summed E-state index contributed by atoms with van der Waals surface area (Å²) in [5, 5.41) is 2.77. The summed E-state index contributed by atoms with van der Waals surface area (Å²) in [5.41, 5.74) is 6.44. The summed E-state index contributed by atoms with van der Waals surface area (Å²) < 4.78 is 4.93. The Morgan fingerprint density at radius 1 is 1.62 bits per heavy atom. The third-order valence-electron chi connectivity index (χ3n) is 2.00. The number of nitrogens with two attached hydrogens (primary N) is 1. The van der Waals surface area contributed by atoms with Crippen molar-refractivity contribution in [2.24, 2.45) is 5.73 Å². The van der Waals surface area contributed by atoms with Crippen LogP contribution in [-0.2, 0) is 11.3 Å². The topological polar surface area (TPSA) is 77.2 Å². The fourth-order valence-electron chi connectivity index (χ4n) is 1.20. The van der Waals surface area contributed by atoms with Gasteiger partial charge in [-0.2, -0.15) is 0 Å². The highest BCUT2D eigenvalue weighted by molar-refractivity contribution is 5.76. The quantitative estimate of drug-likeness (QED) is 0.759. The number of carbonyl (C=O) groups is 1. The predicted octanol–water partition coefficient (Wildman–Crippen LogP) is 0.444. The maximum atomic E-state index is 11.3. The first-order valence-electron chi connectivity index (χ1n) is 5.13. The molecule has 0 saturated carbocycles. The van der Waals surface area contributed by atoms with Crippen LogP contribution < -0.4 is 15.8 Å². The molecule has 1 rings (SSSR count). The molecule has 0 aliphatic carbocycles. The first-order chi connectivity index (χ1) is 7.61. The van der Waals surface area contributed by atoms with E-state index in [1.165, 1.54) is 0 Å². The smallest absolute Gasteiger partial charge is 0.221 e. The van der Waals surface area contributed by atoms with Crippen molar-refractivity contribution < 1.29 is 9.53 Å². The zero-order valence-electron chi connectivity index (χ0n) is 9.56. The molecule has 0 aliphatic heterocycles. The van der Waals surface area contributed by atoms with Crippen molar-refractivity contribution in [3.63, 3.8) is 0 Å². The molecular formula is C11H17N3O2. The molecule has 0 fully saturated rings. The van der Waals surface area contributed by atoms with Crippen LogP contribution in [0.15, 0.2) is 18.3 Å². The lowest BCUT2D eigenvalue weighted by molar-refractivity contribution is -0.121. The maximum absolute atomic E-state index is 11.3. The van der Waals surface area contributed by atoms with Crippen LogP contribution in [-0.4, -0.2) is 24.0 Å². The van der Waals surface area contributed by atoms with Crippen molar-refractivity contribution >= 4 is 5.91 Å². The molecule has 1 unspecified atom stereocenters. The molecule has 1 atom stereocenters. The molecule has 1 amide bonds. The number of ether oxygens (including phenoxy) is 1. The average molecular weight is 223 g/mol. The van der Waals surface area contributed by atoms with E-state index in [0.717, 1.165) is 5.56 Å². The van der Waals surface area contributed by atoms with Crippen LogP contribution in [0.1, 0.15) is 18.9 Å². The molecule has 0 saturated heterocycles. The van der Waals surface area contributed by atoms with Crippen molar-refractivity contribution in [2.75, 3.05) is 7.11 Å². The van der Waals surface area contributed by atoms with Gasteiger partial charge in [0.15, 0.2) is 0 Å². The Hall–Kier alpha value is -1.62. The van der Waals surface area contributed by atoms with Gasteiger partial charge in [-0.1, -0.05) is 6.07 Å². The molecule has 88 valence electrons. The number of methoxy groups -OCH3 is 1. The lowest BCUT2D eigenvalue weighted by Gasteiger charge is -2.07. The standard InChI is InChI=1S/C11H17N3O2/c1-8(12)5-10(15)13-6-9-3-4-11(16-2)14-7-9/h3-4,7-8H,5-6,12H2,1-2H3,(H,13,15). The van der Waals surface area contributed by atoms with E-state index in [0.29, 0.717) is 18.8 Å². The van der Waals surface area contributed by atoms with Crippen molar-refractivity contribution in [1.82, 2.24) is 10.3 Å². The minimum atomic E-state index is -0.117. The number of hydrogen-bond donors (Lipinski definition) is 2. The van der Waals surface area contributed by atoms with Gasteiger partial charge in [0.1, 0.15) is 0 Å². The molecule has 5 heteroatoms. The van der Waals surface area contributed by atoms with Crippen LogP contribution in [0, 0.1) is 0 Å². The Kier molecular flexibility index (Phi) is 4.72. The van der Waals surface area contributed by atoms with Crippen molar-refractivity contribution in [2.45, 2.75) is 25.9 Å². The second-order valence-electron chi connectivity index (χ2n) is 3.67. The number of amides is 1. The Labute approximate surface area is 95.0 Å². The average Bonchev–Trinajstić information content (AvgIpc) is 2.26. The minimum Gasteiger partial charge on any atom is -0.481 e. The normalized spacial score (nSPS) is 11.9. The zero-order chi connectivity index (χ0) is 12.0. The van der Waals surface area contributed by atoms with E-state index < -0.39 is 0 Å². The number of aromatic nitrogens is 1. The number of rotatable bonds is 5. The number of pyridine rings is 1. The van der Waals surface area contributed by atoms with Crippen LogP contribution in [0.2, 0.25) is 0 Å². The molecule has 5 nitrogen and oxygen atoms in total. The SMILES string of the molecule is COc1ccc(CNC(=O)CC(C)N)cn1. The summed E-state index contributed by atoms with van der Waals surface area (Å²) in [7, 11) is 1.56. The molecule has 1 heterocycles. The van der Waals surface area contributed by atoms with E-state index in [1.807, 2.05) is 6.07 Å². The van der Waals surface area contributed by atoms with Gasteiger partial charge in [-0.3, -0.25) is 4.79 Å². The molecule has 1 aromatic rings. The molecule has 0 bridgehead atoms. The van der Waals surface area contributed by atoms with Crippen molar-refractivity contribution in [1.29, 1.82) is 0 Å². The zero-order valence-corrected chi connectivity index (χ0v) is 9.56. The van der Waals surface area contributed by atoms with Gasteiger partial charge in [-0.25, -0.2) is 4.98 Å². The van der Waals surface area contributed by atoms with Crippen LogP contribution >= 0.6 is 0 Å². The van der Waals surface area contributed by atoms with Gasteiger partial charge in [0, 0.05) is 31.3 Å². The second kappa shape index (κ2) is 6.07. The fourth-order valence-corrected chi connectivity index (χ4v) is 1.20. The molecule has 0 radical (unpaired) electrons. The predicted molar refractivity (Wildman–Crippen MR) is 60.9 cm³/mol. The van der Waals surface area contributed by atoms with Gasteiger partial charge in [-0.05, 0) is 12.5 Å². The van der Waals surface area contributed by atoms with E-state index in [2.05, 4.69) is 10.3 Å². The number of carbonyl (C=O) groups excluding carboxylic acids is 1. The first kappa shape index (κ1) is 12.4. The lowest BCUT2D eigenvalue weighted by atomic mass is 10.2. The fraction of sp³-hybridized carbons (Fsp3) is 0.455. The highest BCUT2D eigenvalue weighted by Crippen LogP contribution is 2.06. The number of nitrogens with zero attached hydrogens (tertiary/aromatic N) is 1. The van der Waals surface area contributed by atoms with Gasteiger partial charge in [0.2, 0.25) is 11.8 Å². The van der Waals surface area contributed by atoms with Crippen LogP contribution in [0.25, 0.3) is 0 Å². The first-order valence-corrected chi connectivity index (χ1v) is 5.13. The van der Waals surface area contributed by atoms with Gasteiger partial charge in [-0.15, -0.1) is 0 Å². The minimum absolute atomic E-state index is 0.0502. The third kappa shape index (κ3) is 4.27. The van der Waals surface area contributed by atoms with E-state index in [9.17, 15) is 4.79 Å². The Bertz CT molecular complexity index is 336. The molecule has 3 N–H and O–H groups in total. The summed E-state index contributed by atoms with van der Waals surface area (Å²) in [4.78, 5) is 15.4. The van der Waals surface area contributed by atoms with Crippen LogP contribution in [0.4, 0.5) is 0 Å². The Morgan fingerprint density at radius 3 is 2.88 bits per heavy atom. The number of hydrogen-bond acceptors (Lipinski definition) is 4. The maximum Gasteiger partial charge on any atom is 0.221 e. The van der Waals surface area contributed by atoms with E-state index in [1.54, 1.807) is 26.3 Å². The van der Waals surface area contributed by atoms with Crippen molar-refractivity contribution in [3.8, 4) is 5.88 Å². The molecule has 0 spiro atoms. The molecule has 0 aromatic carbocycles. The van der Waals surface area contributed by atoms with Gasteiger partial charge in [0.05, 0.1) is 7.11 Å². The van der Waals surface area contributed by atoms with Gasteiger partial charge in [0.25, 0.3) is 0 Å². The summed E-state index contributed by atoms with van der Waals surface area (Å²) in [6.45, 7) is 2.26. The van der Waals surface area contributed by atoms with E-state index in [-0.39, 0.29) is 11.9 Å². The second-order valence-corrected chi connectivity index (χ2v) is 3.67. The van der Waals surface area contributed by atoms with Gasteiger partial charge < -0.3 is 15.8 Å². The monoisotopic (exact) mass is 223 g/mol. The van der Waals surface area contributed by atoms with E-state index >= 15 is 0 Å². The Morgan fingerprint density at radius 2 is 2.38 bits per heavy atom. The van der Waals surface area contributed by atoms with E-state index in [4.69, 9.17) is 10.5 Å². The summed E-state index contributed by atoms with van der Waals surface area (Å²) in [6, 6.07) is 3.50. The number of nitrogens with one attached hydrogen (secondary N) is 1. The molecule has 1 aromatic heterocycles. The largest absolute Gasteiger partial charge is 0.481 e. The molecule has 16 heavy (non-hydrogen) atoms. The summed E-state index contributed by atoms with van der Waals surface area (Å²) >= 11 is 0. The van der Waals surface area contributed by atoms with Crippen molar-refractivity contribution in [3.05, 3.63) is 23.9 Å². The third-order valence-corrected chi connectivity index (χ3v) is 2.00. The summed E-state index contributed by atoms with van der Waals surface area (Å²) in [6.07, 6.45) is 2.01. The van der Waals surface area contributed by atoms with Crippen LogP contribution in [0.3, 0.4) is 0 Å². The Balaban J connectivity index is 2.39. The van der Waals surface area contributed by atoms with Gasteiger partial charge >= 0.3 is 0 Å². The highest BCUT2D eigenvalue weighted by atomic mass is 16.5. The van der Waals surface area contributed by atoms with Crippen LogP contribution in [0.5, 0.6) is 5.88 Å². The molecular weight excluding hydrogens is 206 g/mol. The summed E-state index contributed by atoms with van der Waals surface area (Å²) in [5.74, 6) is 0.511. The lowest BCUT2D eigenvalue weighted by Crippen LogP contribution is -2.29. The molecule has 0 aliphatic rings.